The van der Waals surface area contributed by atoms with E-state index in [-0.39, 0.29) is 65.6 Å². The first-order chi connectivity index (χ1) is 35.3. The minimum Gasteiger partial charge on any atom is -0.488 e. The number of methoxy groups -OCH3 is 2. The zero-order chi connectivity index (χ0) is 52.3. The van der Waals surface area contributed by atoms with Crippen molar-refractivity contribution >= 4 is 47.6 Å². The summed E-state index contributed by atoms with van der Waals surface area (Å²) in [6.45, 7) is 5.57. The zero-order valence-corrected chi connectivity index (χ0v) is 42.9. The van der Waals surface area contributed by atoms with Crippen LogP contribution in [0.15, 0.2) is 103 Å². The average molecular weight is 1040 g/mol. The van der Waals surface area contributed by atoms with Gasteiger partial charge < -0.3 is 54.7 Å². The normalized spacial score (nSPS) is 12.1. The van der Waals surface area contributed by atoms with Gasteiger partial charge in [-0.2, -0.15) is 0 Å². The molecule has 2 unspecified atom stereocenters. The molecule has 0 saturated heterocycles. The molecular formula is C55H60Cl2N6O10. The van der Waals surface area contributed by atoms with E-state index in [4.69, 9.17) is 57.0 Å². The van der Waals surface area contributed by atoms with Crippen molar-refractivity contribution in [1.29, 1.82) is 5.41 Å². The van der Waals surface area contributed by atoms with Gasteiger partial charge in [-0.15, -0.1) is 0 Å². The third-order valence-electron chi connectivity index (χ3n) is 11.9. The van der Waals surface area contributed by atoms with Crippen LogP contribution in [0.3, 0.4) is 0 Å². The number of nitrogens with zero attached hydrogens (tertiary/aromatic N) is 3. The molecule has 6 rings (SSSR count). The van der Waals surface area contributed by atoms with Crippen molar-refractivity contribution in [1.82, 2.24) is 20.6 Å². The Hall–Kier alpha value is -6.92. The molecule has 16 nitrogen and oxygen atoms in total. The topological polar surface area (TPSA) is 216 Å². The smallest absolute Gasteiger partial charge is 0.320 e. The number of aliphatic imine (C=N–C) groups is 1. The molecule has 0 saturated carbocycles. The minimum atomic E-state index is -1.01. The van der Waals surface area contributed by atoms with Gasteiger partial charge >= 0.3 is 11.9 Å². The summed E-state index contributed by atoms with van der Waals surface area (Å²) >= 11 is 13.7. The van der Waals surface area contributed by atoms with Gasteiger partial charge in [0.25, 0.3) is 0 Å². The molecule has 5 N–H and O–H groups in total. The Bertz CT molecular complexity index is 2880. The molecule has 0 amide bonds. The van der Waals surface area contributed by atoms with Gasteiger partial charge in [0, 0.05) is 130 Å². The van der Waals surface area contributed by atoms with Crippen LogP contribution in [0.2, 0.25) is 10.0 Å². The molecule has 73 heavy (non-hydrogen) atoms. The molecule has 0 aliphatic heterocycles. The fraction of sp³-hybridized carbons (Fsp3) is 0.309. The molecule has 2 atom stereocenters. The van der Waals surface area contributed by atoms with Crippen LogP contribution in [0.4, 0.5) is 0 Å². The molecule has 0 aliphatic rings. The quantitative estimate of drug-likeness (QED) is 0.0277. The monoisotopic (exact) mass is 1030 g/mol. The summed E-state index contributed by atoms with van der Waals surface area (Å²) in [5.74, 6) is -0.350. The number of ether oxygens (including phenoxy) is 6. The van der Waals surface area contributed by atoms with E-state index in [2.05, 4.69) is 37.7 Å². The highest BCUT2D eigenvalue weighted by Gasteiger charge is 2.22. The summed E-state index contributed by atoms with van der Waals surface area (Å²) in [6, 6.07) is 20.9. The van der Waals surface area contributed by atoms with Crippen LogP contribution in [-0.2, 0) is 58.6 Å². The van der Waals surface area contributed by atoms with E-state index in [1.165, 1.54) is 20.4 Å². The van der Waals surface area contributed by atoms with Crippen LogP contribution < -0.4 is 29.6 Å². The SMILES string of the molecule is CN=Cc1cncc(COc2cc(OCc3cccc(-c4cccc(COc5cc(OCc6cncc(C=N)c6)c(CNC(CCOC)C(=O)O)cc5Cl)c4C)c3C)c(Cl)cc2CNC(CCOC)C(=O)O)c1. The molecule has 0 spiro atoms. The molecule has 0 aliphatic carbocycles. The molecule has 18 heteroatoms. The van der Waals surface area contributed by atoms with E-state index in [1.807, 2.05) is 44.2 Å². The molecule has 4 aromatic carbocycles. The maximum absolute atomic E-state index is 12.0. The molecule has 0 fully saturated rings. The Labute approximate surface area is 435 Å². The van der Waals surface area contributed by atoms with Crippen molar-refractivity contribution in [3.63, 3.8) is 0 Å². The summed E-state index contributed by atoms with van der Waals surface area (Å²) < 4.78 is 35.7. The van der Waals surface area contributed by atoms with Crippen molar-refractivity contribution in [2.24, 2.45) is 4.99 Å². The summed E-state index contributed by atoms with van der Waals surface area (Å²) in [4.78, 5) is 36.6. The highest BCUT2D eigenvalue weighted by molar-refractivity contribution is 6.32. The van der Waals surface area contributed by atoms with E-state index in [0.29, 0.717) is 49.7 Å². The molecule has 384 valence electrons. The van der Waals surface area contributed by atoms with E-state index in [0.717, 1.165) is 50.1 Å². The van der Waals surface area contributed by atoms with Crippen molar-refractivity contribution in [3.8, 4) is 34.1 Å². The van der Waals surface area contributed by atoms with Gasteiger partial charge in [0.15, 0.2) is 0 Å². The maximum atomic E-state index is 12.0. The van der Waals surface area contributed by atoms with E-state index in [1.54, 1.807) is 68.4 Å². The Kier molecular flexibility index (Phi) is 21.1. The van der Waals surface area contributed by atoms with Gasteiger partial charge in [-0.05, 0) is 84.3 Å². The van der Waals surface area contributed by atoms with Gasteiger partial charge in [0.2, 0.25) is 0 Å². The lowest BCUT2D eigenvalue weighted by Crippen LogP contribution is -2.37. The Morgan fingerprint density at radius 3 is 1.49 bits per heavy atom. The van der Waals surface area contributed by atoms with Crippen molar-refractivity contribution in [3.05, 3.63) is 163 Å². The minimum absolute atomic E-state index is 0.127. The van der Waals surface area contributed by atoms with Gasteiger partial charge in [-0.1, -0.05) is 59.6 Å². The number of carboxylic acid groups (broad SMARTS) is 2. The summed E-state index contributed by atoms with van der Waals surface area (Å²) in [7, 11) is 4.73. The number of aliphatic carboxylic acids is 2. The number of rotatable bonds is 29. The fourth-order valence-electron chi connectivity index (χ4n) is 7.85. The van der Waals surface area contributed by atoms with E-state index < -0.39 is 24.0 Å². The van der Waals surface area contributed by atoms with Crippen molar-refractivity contribution in [2.75, 3.05) is 34.5 Å². The molecular weight excluding hydrogens is 976 g/mol. The largest absolute Gasteiger partial charge is 0.488 e. The fourth-order valence-corrected chi connectivity index (χ4v) is 8.33. The van der Waals surface area contributed by atoms with E-state index in [9.17, 15) is 19.8 Å². The molecule has 0 bridgehead atoms. The van der Waals surface area contributed by atoms with Crippen molar-refractivity contribution < 1.29 is 48.2 Å². The van der Waals surface area contributed by atoms with Crippen molar-refractivity contribution in [2.45, 2.75) is 78.3 Å². The second kappa shape index (κ2) is 27.8. The number of nitrogens with one attached hydrogen (secondary N) is 3. The third-order valence-corrected chi connectivity index (χ3v) is 12.5. The second-order valence-corrected chi connectivity index (χ2v) is 17.8. The van der Waals surface area contributed by atoms with Gasteiger partial charge in [-0.3, -0.25) is 24.5 Å². The first-order valence-corrected chi connectivity index (χ1v) is 24.1. The molecule has 2 heterocycles. The number of aromatic nitrogens is 2. The summed E-state index contributed by atoms with van der Waals surface area (Å²) in [5.41, 5.74) is 10.1. The first-order valence-electron chi connectivity index (χ1n) is 23.4. The Balaban J connectivity index is 1.21. The molecule has 0 radical (unpaired) electrons. The predicted octanol–water partition coefficient (Wildman–Crippen LogP) is 9.59. The highest BCUT2D eigenvalue weighted by atomic mass is 35.5. The van der Waals surface area contributed by atoms with Crippen LogP contribution >= 0.6 is 23.2 Å². The van der Waals surface area contributed by atoms with Gasteiger partial charge in [-0.25, -0.2) is 0 Å². The van der Waals surface area contributed by atoms with Crippen LogP contribution in [0.5, 0.6) is 23.0 Å². The van der Waals surface area contributed by atoms with Crippen LogP contribution in [0.1, 0.15) is 68.5 Å². The second-order valence-electron chi connectivity index (χ2n) is 17.0. The van der Waals surface area contributed by atoms with Crippen LogP contribution in [-0.4, -0.2) is 91.1 Å². The van der Waals surface area contributed by atoms with Gasteiger partial charge in [0.1, 0.15) is 61.5 Å². The number of carbonyl (C=O) groups is 2. The molecule has 6 aromatic rings. The van der Waals surface area contributed by atoms with E-state index >= 15 is 0 Å². The lowest BCUT2D eigenvalue weighted by atomic mass is 9.92. The molecule has 2 aromatic heterocycles. The summed E-state index contributed by atoms with van der Waals surface area (Å²) in [5, 5.41) is 34.1. The standard InChI is InChI=1S/C55H60Cl2N6O10/c1-34-40(32-72-52-20-50(70-30-38-16-36(22-58)24-60-26-38)42(18-46(52)56)28-62-48(54(64)65)12-14-68-4)8-6-10-44(34)45-11-7-9-41(35(45)2)33-73-53-21-51(71-31-39-17-37(23-59-3)25-61-27-39)43(19-47(53)57)29-63-49(55(66)67)13-15-69-5/h6-11,16-27,48-49,58,62-63H,12-15,28-33H2,1-5H3,(H,64,65)(H,66,67). The number of hydrogen-bond donors (Lipinski definition) is 5. The third kappa shape index (κ3) is 15.8. The summed E-state index contributed by atoms with van der Waals surface area (Å²) in [6.07, 6.45) is 10.1. The zero-order valence-electron chi connectivity index (χ0n) is 41.4. The lowest BCUT2D eigenvalue weighted by molar-refractivity contribution is -0.141. The average Bonchev–Trinajstić information content (AvgIpc) is 3.38. The maximum Gasteiger partial charge on any atom is 0.320 e. The first kappa shape index (κ1) is 55.4. The number of pyridine rings is 2. The lowest BCUT2D eigenvalue weighted by Gasteiger charge is -2.20. The highest BCUT2D eigenvalue weighted by Crippen LogP contribution is 2.37. The van der Waals surface area contributed by atoms with Crippen LogP contribution in [0.25, 0.3) is 11.1 Å². The Morgan fingerprint density at radius 2 is 1.07 bits per heavy atom. The number of halogens is 2. The number of hydrogen-bond acceptors (Lipinski definition) is 14. The Morgan fingerprint density at radius 1 is 0.630 bits per heavy atom. The number of benzene rings is 4. The van der Waals surface area contributed by atoms with Gasteiger partial charge in [0.05, 0.1) is 10.0 Å². The predicted molar refractivity (Wildman–Crippen MR) is 281 cm³/mol. The number of carboxylic acids is 2. The van der Waals surface area contributed by atoms with Crippen LogP contribution in [0, 0.1) is 19.3 Å².